The molecule has 0 N–H and O–H groups in total. The number of methoxy groups -OCH3 is 1. The van der Waals surface area contributed by atoms with Crippen molar-refractivity contribution in [2.24, 2.45) is 11.3 Å². The largest absolute Gasteiger partial charge is 0.496 e. The highest BCUT2D eigenvalue weighted by molar-refractivity contribution is 5.49. The van der Waals surface area contributed by atoms with E-state index in [1.54, 1.807) is 7.11 Å². The third-order valence-electron chi connectivity index (χ3n) is 5.99. The van der Waals surface area contributed by atoms with Crippen LogP contribution in [-0.2, 0) is 6.42 Å². The van der Waals surface area contributed by atoms with Crippen molar-refractivity contribution in [2.45, 2.75) is 65.4 Å². The molecule has 2 nitrogen and oxygen atoms in total. The number of allylic oxidation sites excluding steroid dienone is 2. The van der Waals surface area contributed by atoms with E-state index in [2.05, 4.69) is 58.6 Å². The summed E-state index contributed by atoms with van der Waals surface area (Å²) in [7, 11) is 1.74. The Kier molecular flexibility index (Phi) is 4.74. The van der Waals surface area contributed by atoms with Gasteiger partial charge in [0.25, 0.3) is 0 Å². The predicted octanol–water partition coefficient (Wildman–Crippen LogP) is 6.03. The molecule has 0 unspecified atom stereocenters. The molecule has 25 heavy (non-hydrogen) atoms. The highest BCUT2D eigenvalue weighted by Gasteiger charge is 2.35. The van der Waals surface area contributed by atoms with E-state index in [0.717, 1.165) is 30.8 Å². The second-order valence-electron chi connectivity index (χ2n) is 8.70. The number of ether oxygens (including phenoxy) is 2. The Balaban J connectivity index is 1.84. The van der Waals surface area contributed by atoms with Crippen LogP contribution in [0.1, 0.15) is 57.6 Å². The lowest BCUT2D eigenvalue weighted by Crippen LogP contribution is -2.35. The van der Waals surface area contributed by atoms with Crippen molar-refractivity contribution in [3.8, 4) is 11.5 Å². The highest BCUT2D eigenvalue weighted by Crippen LogP contribution is 2.45. The van der Waals surface area contributed by atoms with Crippen LogP contribution in [0.3, 0.4) is 0 Å². The monoisotopic (exact) mass is 340 g/mol. The van der Waals surface area contributed by atoms with E-state index < -0.39 is 0 Å². The van der Waals surface area contributed by atoms with Gasteiger partial charge in [0.15, 0.2) is 0 Å². The van der Waals surface area contributed by atoms with Gasteiger partial charge in [-0.25, -0.2) is 0 Å². The number of rotatable bonds is 3. The molecule has 2 heteroatoms. The molecule has 1 fully saturated rings. The first-order chi connectivity index (χ1) is 11.7. The Morgan fingerprint density at radius 3 is 2.64 bits per heavy atom. The van der Waals surface area contributed by atoms with Gasteiger partial charge in [0.1, 0.15) is 17.1 Å². The van der Waals surface area contributed by atoms with Gasteiger partial charge in [-0.05, 0) is 75.1 Å². The van der Waals surface area contributed by atoms with E-state index >= 15 is 0 Å². The molecule has 0 bridgehead atoms. The maximum atomic E-state index is 6.44. The number of aryl methyl sites for hydroxylation is 1. The van der Waals surface area contributed by atoms with Gasteiger partial charge in [-0.1, -0.05) is 32.1 Å². The predicted molar refractivity (Wildman–Crippen MR) is 104 cm³/mol. The molecule has 2 aliphatic rings. The van der Waals surface area contributed by atoms with E-state index in [9.17, 15) is 0 Å². The second kappa shape index (κ2) is 6.55. The molecule has 1 saturated carbocycles. The minimum Gasteiger partial charge on any atom is -0.496 e. The number of benzene rings is 1. The Morgan fingerprint density at radius 1 is 1.20 bits per heavy atom. The maximum absolute atomic E-state index is 6.44. The quantitative estimate of drug-likeness (QED) is 0.626. The van der Waals surface area contributed by atoms with Crippen LogP contribution in [0.25, 0.3) is 0 Å². The summed E-state index contributed by atoms with van der Waals surface area (Å²) >= 11 is 0. The van der Waals surface area contributed by atoms with E-state index in [4.69, 9.17) is 9.47 Å². The van der Waals surface area contributed by atoms with Gasteiger partial charge < -0.3 is 9.47 Å². The summed E-state index contributed by atoms with van der Waals surface area (Å²) in [5.41, 5.74) is 3.76. The van der Waals surface area contributed by atoms with Crippen molar-refractivity contribution in [2.75, 3.05) is 7.11 Å². The van der Waals surface area contributed by atoms with Crippen LogP contribution >= 0.6 is 0 Å². The van der Waals surface area contributed by atoms with Crippen LogP contribution in [-0.4, -0.2) is 12.7 Å². The van der Waals surface area contributed by atoms with Crippen molar-refractivity contribution in [1.29, 1.82) is 0 Å². The van der Waals surface area contributed by atoms with E-state index in [1.807, 2.05) is 0 Å². The normalized spacial score (nSPS) is 28.5. The molecule has 3 rings (SSSR count). The highest BCUT2D eigenvalue weighted by atomic mass is 16.5. The molecular formula is C23H32O2. The molecule has 1 aliphatic heterocycles. The lowest BCUT2D eigenvalue weighted by atomic mass is 9.66. The Morgan fingerprint density at radius 2 is 1.96 bits per heavy atom. The van der Waals surface area contributed by atoms with E-state index in [0.29, 0.717) is 5.92 Å². The minimum absolute atomic E-state index is 0.264. The molecule has 0 aromatic heterocycles. The zero-order valence-electron chi connectivity index (χ0n) is 16.4. The Hall–Kier alpha value is -1.70. The molecule has 1 heterocycles. The van der Waals surface area contributed by atoms with E-state index in [1.165, 1.54) is 29.5 Å². The standard InChI is InChI=1S/C23H32O2/c1-16-14-20(24-6)18-9-12-23(5,25-21(18)15-16)13-10-19-17(2)8-7-11-22(19,3)4/h10,13-15,19H,2,7-9,11-12H2,1,3-6H3/t19-,23-/m1/s1. The summed E-state index contributed by atoms with van der Waals surface area (Å²) < 4.78 is 12.0. The molecule has 0 saturated heterocycles. The van der Waals surface area contributed by atoms with Crippen molar-refractivity contribution < 1.29 is 9.47 Å². The number of hydrogen-bond donors (Lipinski definition) is 0. The van der Waals surface area contributed by atoms with Crippen LogP contribution in [0.15, 0.2) is 36.4 Å². The first-order valence-corrected chi connectivity index (χ1v) is 9.48. The van der Waals surface area contributed by atoms with Crippen molar-refractivity contribution in [3.05, 3.63) is 47.6 Å². The minimum atomic E-state index is -0.264. The summed E-state index contributed by atoms with van der Waals surface area (Å²) in [4.78, 5) is 0. The molecule has 0 spiro atoms. The van der Waals surface area contributed by atoms with Gasteiger partial charge in [-0.2, -0.15) is 0 Å². The van der Waals surface area contributed by atoms with Gasteiger partial charge in [0.05, 0.1) is 7.11 Å². The van der Waals surface area contributed by atoms with Crippen molar-refractivity contribution in [3.63, 3.8) is 0 Å². The SMILES string of the molecule is C=C1CCCC(C)(C)[C@@H]1C=C[C@@]1(C)CCc2c(OC)cc(C)cc2O1. The van der Waals surface area contributed by atoms with E-state index in [-0.39, 0.29) is 11.0 Å². The van der Waals surface area contributed by atoms with Crippen LogP contribution in [0, 0.1) is 18.3 Å². The molecule has 1 aromatic carbocycles. The van der Waals surface area contributed by atoms with Gasteiger partial charge in [0, 0.05) is 11.5 Å². The molecule has 2 atom stereocenters. The van der Waals surface area contributed by atoms with Crippen molar-refractivity contribution in [1.82, 2.24) is 0 Å². The van der Waals surface area contributed by atoms with Gasteiger partial charge in [-0.15, -0.1) is 0 Å². The maximum Gasteiger partial charge on any atom is 0.127 e. The zero-order valence-corrected chi connectivity index (χ0v) is 16.4. The zero-order chi connectivity index (χ0) is 18.2. The third-order valence-corrected chi connectivity index (χ3v) is 5.99. The topological polar surface area (TPSA) is 18.5 Å². The lowest BCUT2D eigenvalue weighted by molar-refractivity contribution is 0.111. The van der Waals surface area contributed by atoms with Gasteiger partial charge in [-0.3, -0.25) is 0 Å². The molecule has 0 amide bonds. The number of hydrogen-bond acceptors (Lipinski definition) is 2. The average molecular weight is 341 g/mol. The lowest BCUT2D eigenvalue weighted by Gasteiger charge is -2.40. The first kappa shape index (κ1) is 18.1. The summed E-state index contributed by atoms with van der Waals surface area (Å²) in [6.45, 7) is 13.3. The fraction of sp³-hybridized carbons (Fsp3) is 0.565. The molecule has 1 aromatic rings. The van der Waals surface area contributed by atoms with Crippen molar-refractivity contribution >= 4 is 0 Å². The van der Waals surface area contributed by atoms with Crippen LogP contribution in [0.2, 0.25) is 0 Å². The number of fused-ring (bicyclic) bond motifs is 1. The van der Waals surface area contributed by atoms with Crippen LogP contribution < -0.4 is 9.47 Å². The second-order valence-corrected chi connectivity index (χ2v) is 8.70. The molecule has 1 aliphatic carbocycles. The molecule has 136 valence electrons. The Labute approximate surface area is 152 Å². The van der Waals surface area contributed by atoms with Crippen LogP contribution in [0.5, 0.6) is 11.5 Å². The first-order valence-electron chi connectivity index (χ1n) is 9.48. The average Bonchev–Trinajstić information content (AvgIpc) is 2.52. The summed E-state index contributed by atoms with van der Waals surface area (Å²) in [6.07, 6.45) is 10.3. The third kappa shape index (κ3) is 3.63. The van der Waals surface area contributed by atoms with Crippen LogP contribution in [0.4, 0.5) is 0 Å². The molecule has 0 radical (unpaired) electrons. The smallest absolute Gasteiger partial charge is 0.127 e. The fourth-order valence-corrected chi connectivity index (χ4v) is 4.39. The summed E-state index contributed by atoms with van der Waals surface area (Å²) in [6, 6.07) is 4.22. The Bertz CT molecular complexity index is 698. The van der Waals surface area contributed by atoms with Gasteiger partial charge in [0.2, 0.25) is 0 Å². The summed E-state index contributed by atoms with van der Waals surface area (Å²) in [5, 5.41) is 0. The summed E-state index contributed by atoms with van der Waals surface area (Å²) in [5.74, 6) is 2.36. The van der Waals surface area contributed by atoms with Gasteiger partial charge >= 0.3 is 0 Å². The fourth-order valence-electron chi connectivity index (χ4n) is 4.39. The molecular weight excluding hydrogens is 308 g/mol.